The molecule has 1 heterocycles. The molecular weight excluding hydrogens is 270 g/mol. The van der Waals surface area contributed by atoms with E-state index in [0.717, 1.165) is 12.1 Å². The minimum absolute atomic E-state index is 0.0264. The van der Waals surface area contributed by atoms with E-state index in [0.29, 0.717) is 11.3 Å². The Kier molecular flexibility index (Phi) is 4.00. The standard InChI is InChI=1S/C16H25NO2S/c1-6-17-14-9-11(2)20(18,19)15-8-7-12(10-13(14)15)16(3,4)5/h7-8,10-11,14,17H,6,9H2,1-5H3. The van der Waals surface area contributed by atoms with Crippen LogP contribution < -0.4 is 5.32 Å². The second kappa shape index (κ2) is 5.15. The first-order chi connectivity index (χ1) is 9.17. The van der Waals surface area contributed by atoms with Gasteiger partial charge < -0.3 is 5.32 Å². The van der Waals surface area contributed by atoms with Crippen molar-refractivity contribution in [1.29, 1.82) is 0 Å². The van der Waals surface area contributed by atoms with Crippen LogP contribution in [0, 0.1) is 0 Å². The van der Waals surface area contributed by atoms with Crippen LogP contribution in [0.1, 0.15) is 58.2 Å². The second-order valence-electron chi connectivity index (χ2n) is 6.70. The number of rotatable bonds is 2. The first-order valence-corrected chi connectivity index (χ1v) is 8.84. The lowest BCUT2D eigenvalue weighted by molar-refractivity contribution is 0.471. The number of hydrogen-bond donors (Lipinski definition) is 1. The molecule has 3 nitrogen and oxygen atoms in total. The highest BCUT2D eigenvalue weighted by Gasteiger charge is 2.36. The third-order valence-electron chi connectivity index (χ3n) is 4.11. The van der Waals surface area contributed by atoms with E-state index in [1.165, 1.54) is 5.56 Å². The Hall–Kier alpha value is -0.870. The van der Waals surface area contributed by atoms with Crippen molar-refractivity contribution in [2.75, 3.05) is 6.54 Å². The number of nitrogens with one attached hydrogen (secondary N) is 1. The first kappa shape index (κ1) is 15.5. The summed E-state index contributed by atoms with van der Waals surface area (Å²) in [7, 11) is -3.17. The van der Waals surface area contributed by atoms with Crippen molar-refractivity contribution in [2.24, 2.45) is 0 Å². The molecule has 0 amide bonds. The maximum absolute atomic E-state index is 12.5. The average molecular weight is 295 g/mol. The Balaban J connectivity index is 2.61. The van der Waals surface area contributed by atoms with Crippen LogP contribution in [0.5, 0.6) is 0 Å². The van der Waals surface area contributed by atoms with E-state index in [9.17, 15) is 8.42 Å². The summed E-state index contributed by atoms with van der Waals surface area (Å²) in [5.74, 6) is 0. The summed E-state index contributed by atoms with van der Waals surface area (Å²) in [6, 6.07) is 5.96. The van der Waals surface area contributed by atoms with Gasteiger partial charge in [0.25, 0.3) is 0 Å². The van der Waals surface area contributed by atoms with Gasteiger partial charge in [-0.2, -0.15) is 0 Å². The zero-order valence-electron chi connectivity index (χ0n) is 13.0. The molecule has 1 aliphatic heterocycles. The van der Waals surface area contributed by atoms with Crippen LogP contribution in [0.15, 0.2) is 23.1 Å². The predicted octanol–water partition coefficient (Wildman–Crippen LogP) is 3.20. The van der Waals surface area contributed by atoms with Crippen molar-refractivity contribution in [3.8, 4) is 0 Å². The molecule has 1 aromatic carbocycles. The molecule has 0 saturated carbocycles. The zero-order chi connectivity index (χ0) is 15.1. The lowest BCUT2D eigenvalue weighted by Crippen LogP contribution is -2.34. The van der Waals surface area contributed by atoms with E-state index < -0.39 is 9.84 Å². The summed E-state index contributed by atoms with van der Waals surface area (Å²) in [5.41, 5.74) is 2.15. The van der Waals surface area contributed by atoms with Crippen molar-refractivity contribution < 1.29 is 8.42 Å². The fourth-order valence-electron chi connectivity index (χ4n) is 2.79. The summed E-state index contributed by atoms with van der Waals surface area (Å²) in [6.07, 6.45) is 0.650. The maximum atomic E-state index is 12.5. The van der Waals surface area contributed by atoms with Gasteiger partial charge >= 0.3 is 0 Å². The SMILES string of the molecule is CCNC1CC(C)S(=O)(=O)c2ccc(C(C)(C)C)cc21. The van der Waals surface area contributed by atoms with Gasteiger partial charge in [-0.25, -0.2) is 8.42 Å². The molecule has 0 saturated heterocycles. The Morgan fingerprint density at radius 2 is 1.95 bits per heavy atom. The summed E-state index contributed by atoms with van der Waals surface area (Å²) in [6.45, 7) is 11.2. The molecule has 0 aliphatic carbocycles. The van der Waals surface area contributed by atoms with Crippen molar-refractivity contribution in [2.45, 2.75) is 62.6 Å². The summed E-state index contributed by atoms with van der Waals surface area (Å²) >= 11 is 0. The van der Waals surface area contributed by atoms with Gasteiger partial charge in [-0.05, 0) is 42.5 Å². The molecule has 2 atom stereocenters. The minimum atomic E-state index is -3.17. The van der Waals surface area contributed by atoms with Crippen LogP contribution >= 0.6 is 0 Å². The van der Waals surface area contributed by atoms with Crippen LogP contribution in [-0.2, 0) is 15.3 Å². The van der Waals surface area contributed by atoms with Crippen molar-refractivity contribution in [3.63, 3.8) is 0 Å². The molecule has 1 aromatic rings. The summed E-state index contributed by atoms with van der Waals surface area (Å²) < 4.78 is 25.0. The summed E-state index contributed by atoms with van der Waals surface area (Å²) in [5, 5.41) is 3.10. The third kappa shape index (κ3) is 2.63. The number of sulfone groups is 1. The Bertz CT molecular complexity index is 599. The van der Waals surface area contributed by atoms with Gasteiger partial charge in [0, 0.05) is 6.04 Å². The van der Waals surface area contributed by atoms with Gasteiger partial charge in [0.1, 0.15) is 0 Å². The molecule has 2 unspecified atom stereocenters. The van der Waals surface area contributed by atoms with Gasteiger partial charge in [0.05, 0.1) is 10.1 Å². The van der Waals surface area contributed by atoms with Crippen molar-refractivity contribution in [1.82, 2.24) is 5.32 Å². The molecule has 2 rings (SSSR count). The maximum Gasteiger partial charge on any atom is 0.181 e. The fraction of sp³-hybridized carbons (Fsp3) is 0.625. The highest BCUT2D eigenvalue weighted by Crippen LogP contribution is 2.38. The normalized spacial score (nSPS) is 25.2. The molecule has 0 bridgehead atoms. The van der Waals surface area contributed by atoms with Crippen LogP contribution in [0.3, 0.4) is 0 Å². The third-order valence-corrected chi connectivity index (χ3v) is 6.34. The van der Waals surface area contributed by atoms with Gasteiger partial charge in [0.15, 0.2) is 9.84 Å². The van der Waals surface area contributed by atoms with Crippen LogP contribution in [0.2, 0.25) is 0 Å². The summed E-state index contributed by atoms with van der Waals surface area (Å²) in [4.78, 5) is 0.509. The van der Waals surface area contributed by atoms with E-state index in [2.05, 4.69) is 39.1 Å². The quantitative estimate of drug-likeness (QED) is 0.911. The van der Waals surface area contributed by atoms with E-state index >= 15 is 0 Å². The number of hydrogen-bond acceptors (Lipinski definition) is 3. The monoisotopic (exact) mass is 295 g/mol. The molecule has 0 fully saturated rings. The Labute approximate surface area is 122 Å². The van der Waals surface area contributed by atoms with Gasteiger partial charge in [0.2, 0.25) is 0 Å². The van der Waals surface area contributed by atoms with Crippen LogP contribution in [-0.4, -0.2) is 20.2 Å². The molecule has 112 valence electrons. The molecule has 4 heteroatoms. The van der Waals surface area contributed by atoms with Crippen LogP contribution in [0.4, 0.5) is 0 Å². The lowest BCUT2D eigenvalue weighted by atomic mass is 9.85. The number of fused-ring (bicyclic) bond motifs is 1. The molecule has 0 aromatic heterocycles. The average Bonchev–Trinajstić information content (AvgIpc) is 2.35. The van der Waals surface area contributed by atoms with Gasteiger partial charge in [-0.15, -0.1) is 0 Å². The van der Waals surface area contributed by atoms with Crippen LogP contribution in [0.25, 0.3) is 0 Å². The Morgan fingerprint density at radius 3 is 2.50 bits per heavy atom. The van der Waals surface area contributed by atoms with E-state index in [4.69, 9.17) is 0 Å². The highest BCUT2D eigenvalue weighted by molar-refractivity contribution is 7.92. The topological polar surface area (TPSA) is 46.2 Å². The highest BCUT2D eigenvalue weighted by atomic mass is 32.2. The lowest BCUT2D eigenvalue weighted by Gasteiger charge is -2.32. The smallest absolute Gasteiger partial charge is 0.181 e. The van der Waals surface area contributed by atoms with Crippen molar-refractivity contribution in [3.05, 3.63) is 29.3 Å². The van der Waals surface area contributed by atoms with Gasteiger partial charge in [-0.3, -0.25) is 0 Å². The molecule has 0 radical (unpaired) electrons. The zero-order valence-corrected chi connectivity index (χ0v) is 13.8. The minimum Gasteiger partial charge on any atom is -0.310 e. The molecule has 20 heavy (non-hydrogen) atoms. The Morgan fingerprint density at radius 1 is 1.30 bits per heavy atom. The van der Waals surface area contributed by atoms with Crippen molar-refractivity contribution >= 4 is 9.84 Å². The van der Waals surface area contributed by atoms with E-state index in [1.54, 1.807) is 13.0 Å². The fourth-order valence-corrected chi connectivity index (χ4v) is 4.46. The first-order valence-electron chi connectivity index (χ1n) is 7.29. The molecular formula is C16H25NO2S. The molecule has 1 N–H and O–H groups in total. The van der Waals surface area contributed by atoms with E-state index in [-0.39, 0.29) is 16.7 Å². The number of benzene rings is 1. The molecule has 1 aliphatic rings. The van der Waals surface area contributed by atoms with Gasteiger partial charge in [-0.1, -0.05) is 39.8 Å². The predicted molar refractivity (Wildman–Crippen MR) is 82.8 cm³/mol. The molecule has 0 spiro atoms. The largest absolute Gasteiger partial charge is 0.310 e. The second-order valence-corrected chi connectivity index (χ2v) is 9.04. The van der Waals surface area contributed by atoms with E-state index in [1.807, 2.05) is 6.07 Å².